The first-order chi connectivity index (χ1) is 9.60. The highest BCUT2D eigenvalue weighted by Gasteiger charge is 2.28. The van der Waals surface area contributed by atoms with Crippen LogP contribution in [0.4, 0.5) is 9.18 Å². The molecule has 1 heterocycles. The van der Waals surface area contributed by atoms with Gasteiger partial charge in [0, 0.05) is 6.04 Å². The van der Waals surface area contributed by atoms with E-state index in [-0.39, 0.29) is 18.4 Å². The minimum absolute atomic E-state index is 0.00842. The maximum absolute atomic E-state index is 13.3. The molecular weight excluding hydrogens is 263 g/mol. The van der Waals surface area contributed by atoms with Gasteiger partial charge in [-0.3, -0.25) is 15.0 Å². The van der Waals surface area contributed by atoms with Crippen molar-refractivity contribution >= 4 is 12.0 Å². The standard InChI is InChI=1S/C14H17FN2O3/c1-20-14(19)16-13(18)9-17-7-3-6-12(17)10-4-2-5-11(15)8-10/h2,4-5,8,12H,3,6-7,9H2,1H3,(H,16,18,19)/t12-/m0/s1. The zero-order valence-electron chi connectivity index (χ0n) is 11.3. The number of rotatable bonds is 3. The van der Waals surface area contributed by atoms with Gasteiger partial charge in [-0.1, -0.05) is 12.1 Å². The molecule has 1 aliphatic rings. The van der Waals surface area contributed by atoms with Crippen LogP contribution in [-0.4, -0.2) is 37.1 Å². The van der Waals surface area contributed by atoms with Crippen LogP contribution in [0.2, 0.25) is 0 Å². The van der Waals surface area contributed by atoms with Gasteiger partial charge in [0.25, 0.3) is 0 Å². The van der Waals surface area contributed by atoms with Crippen LogP contribution in [0.3, 0.4) is 0 Å². The van der Waals surface area contributed by atoms with Crippen molar-refractivity contribution < 1.29 is 18.7 Å². The monoisotopic (exact) mass is 280 g/mol. The smallest absolute Gasteiger partial charge is 0.413 e. The summed E-state index contributed by atoms with van der Waals surface area (Å²) >= 11 is 0. The molecule has 0 radical (unpaired) electrons. The third-order valence-electron chi connectivity index (χ3n) is 3.37. The molecule has 6 heteroatoms. The molecule has 1 fully saturated rings. The van der Waals surface area contributed by atoms with Gasteiger partial charge in [-0.05, 0) is 37.1 Å². The highest BCUT2D eigenvalue weighted by molar-refractivity contribution is 5.92. The van der Waals surface area contributed by atoms with Crippen LogP contribution in [0.15, 0.2) is 24.3 Å². The Kier molecular flexibility index (Phi) is 4.68. The van der Waals surface area contributed by atoms with Gasteiger partial charge < -0.3 is 4.74 Å². The second kappa shape index (κ2) is 6.47. The molecule has 108 valence electrons. The Bertz CT molecular complexity index is 507. The summed E-state index contributed by atoms with van der Waals surface area (Å²) < 4.78 is 17.6. The number of imide groups is 1. The van der Waals surface area contributed by atoms with E-state index >= 15 is 0 Å². The lowest BCUT2D eigenvalue weighted by atomic mass is 10.0. The lowest BCUT2D eigenvalue weighted by molar-refractivity contribution is -0.121. The maximum Gasteiger partial charge on any atom is 0.413 e. The van der Waals surface area contributed by atoms with Crippen LogP contribution in [0.25, 0.3) is 0 Å². The minimum atomic E-state index is -0.767. The molecule has 1 aliphatic heterocycles. The summed E-state index contributed by atoms with van der Waals surface area (Å²) in [7, 11) is 1.20. The van der Waals surface area contributed by atoms with E-state index in [1.807, 2.05) is 11.0 Å². The zero-order valence-corrected chi connectivity index (χ0v) is 11.3. The Hall–Kier alpha value is -1.95. The van der Waals surface area contributed by atoms with E-state index in [1.54, 1.807) is 6.07 Å². The molecule has 1 aromatic carbocycles. The summed E-state index contributed by atoms with van der Waals surface area (Å²) in [5.74, 6) is -0.700. The van der Waals surface area contributed by atoms with Gasteiger partial charge in [0.15, 0.2) is 0 Å². The summed E-state index contributed by atoms with van der Waals surface area (Å²) in [6.45, 7) is 0.839. The number of methoxy groups -OCH3 is 1. The Morgan fingerprint density at radius 3 is 3.00 bits per heavy atom. The Labute approximate surface area is 116 Å². The van der Waals surface area contributed by atoms with Gasteiger partial charge >= 0.3 is 6.09 Å². The van der Waals surface area contributed by atoms with Gasteiger partial charge in [-0.15, -0.1) is 0 Å². The van der Waals surface area contributed by atoms with E-state index in [4.69, 9.17) is 0 Å². The van der Waals surface area contributed by atoms with E-state index in [0.29, 0.717) is 0 Å². The van der Waals surface area contributed by atoms with Gasteiger partial charge in [0.1, 0.15) is 5.82 Å². The predicted molar refractivity (Wildman–Crippen MR) is 70.5 cm³/mol. The largest absolute Gasteiger partial charge is 0.453 e. The van der Waals surface area contributed by atoms with Crippen molar-refractivity contribution in [3.63, 3.8) is 0 Å². The predicted octanol–water partition coefficient (Wildman–Crippen LogP) is 1.85. The average molecular weight is 280 g/mol. The number of carbonyl (C=O) groups is 2. The number of nitrogens with one attached hydrogen (secondary N) is 1. The molecule has 1 N–H and O–H groups in total. The summed E-state index contributed by atoms with van der Waals surface area (Å²) in [6.07, 6.45) is 1.04. The van der Waals surface area contributed by atoms with Crippen molar-refractivity contribution in [1.82, 2.24) is 10.2 Å². The second-order valence-electron chi connectivity index (χ2n) is 4.72. The van der Waals surface area contributed by atoms with Crippen molar-refractivity contribution in [1.29, 1.82) is 0 Å². The van der Waals surface area contributed by atoms with E-state index in [1.165, 1.54) is 19.2 Å². The second-order valence-corrected chi connectivity index (χ2v) is 4.72. The highest BCUT2D eigenvalue weighted by Crippen LogP contribution is 2.31. The van der Waals surface area contributed by atoms with Crippen LogP contribution < -0.4 is 5.32 Å². The van der Waals surface area contributed by atoms with Gasteiger partial charge in [0.05, 0.1) is 13.7 Å². The molecule has 1 atom stereocenters. The minimum Gasteiger partial charge on any atom is -0.453 e. The van der Waals surface area contributed by atoms with Crippen molar-refractivity contribution in [2.45, 2.75) is 18.9 Å². The number of hydrogen-bond acceptors (Lipinski definition) is 4. The van der Waals surface area contributed by atoms with Crippen molar-refractivity contribution in [3.8, 4) is 0 Å². The molecule has 0 saturated carbocycles. The summed E-state index contributed by atoms with van der Waals surface area (Å²) in [4.78, 5) is 24.6. The molecule has 2 rings (SSSR count). The fraction of sp³-hybridized carbons (Fsp3) is 0.429. The van der Waals surface area contributed by atoms with E-state index in [9.17, 15) is 14.0 Å². The Morgan fingerprint density at radius 1 is 1.50 bits per heavy atom. The Balaban J connectivity index is 2.01. The van der Waals surface area contributed by atoms with Gasteiger partial charge in [-0.25, -0.2) is 9.18 Å². The van der Waals surface area contributed by atoms with Crippen LogP contribution in [0.5, 0.6) is 0 Å². The summed E-state index contributed by atoms with van der Waals surface area (Å²) in [5.41, 5.74) is 0.855. The number of alkyl carbamates (subject to hydrolysis) is 1. The van der Waals surface area contributed by atoms with E-state index in [0.717, 1.165) is 24.9 Å². The third-order valence-corrected chi connectivity index (χ3v) is 3.37. The summed E-state index contributed by atoms with van der Waals surface area (Å²) in [5, 5.41) is 2.12. The number of amides is 2. The Morgan fingerprint density at radius 2 is 2.30 bits per heavy atom. The van der Waals surface area contributed by atoms with Crippen LogP contribution in [-0.2, 0) is 9.53 Å². The van der Waals surface area contributed by atoms with Crippen LogP contribution >= 0.6 is 0 Å². The lowest BCUT2D eigenvalue weighted by Crippen LogP contribution is -2.39. The van der Waals surface area contributed by atoms with Gasteiger partial charge in [-0.2, -0.15) is 0 Å². The van der Waals surface area contributed by atoms with Gasteiger partial charge in [0.2, 0.25) is 5.91 Å². The first kappa shape index (κ1) is 14.5. The molecule has 1 saturated heterocycles. The maximum atomic E-state index is 13.3. The summed E-state index contributed by atoms with van der Waals surface area (Å²) in [6, 6.07) is 6.41. The van der Waals surface area contributed by atoms with Crippen molar-refractivity contribution in [2.24, 2.45) is 0 Å². The molecule has 5 nitrogen and oxygen atoms in total. The molecule has 0 spiro atoms. The van der Waals surface area contributed by atoms with E-state index < -0.39 is 12.0 Å². The number of benzene rings is 1. The molecule has 1 aromatic rings. The quantitative estimate of drug-likeness (QED) is 0.918. The molecule has 2 amide bonds. The number of ether oxygens (including phenoxy) is 1. The first-order valence-electron chi connectivity index (χ1n) is 6.47. The molecule has 0 unspecified atom stereocenters. The number of hydrogen-bond donors (Lipinski definition) is 1. The lowest BCUT2D eigenvalue weighted by Gasteiger charge is -2.23. The normalized spacial score (nSPS) is 18.8. The molecule has 20 heavy (non-hydrogen) atoms. The number of nitrogens with zero attached hydrogens (tertiary/aromatic N) is 1. The van der Waals surface area contributed by atoms with Crippen LogP contribution in [0, 0.1) is 5.82 Å². The molecule has 0 bridgehead atoms. The van der Waals surface area contributed by atoms with Crippen molar-refractivity contribution in [3.05, 3.63) is 35.6 Å². The highest BCUT2D eigenvalue weighted by atomic mass is 19.1. The zero-order chi connectivity index (χ0) is 14.5. The molecule has 0 aliphatic carbocycles. The third kappa shape index (κ3) is 3.54. The number of halogens is 1. The first-order valence-corrected chi connectivity index (χ1v) is 6.47. The number of carbonyl (C=O) groups excluding carboxylic acids is 2. The van der Waals surface area contributed by atoms with Crippen molar-refractivity contribution in [2.75, 3.05) is 20.2 Å². The number of likely N-dealkylation sites (tertiary alicyclic amines) is 1. The van der Waals surface area contributed by atoms with E-state index in [2.05, 4.69) is 10.1 Å². The fourth-order valence-electron chi connectivity index (χ4n) is 2.50. The fourth-order valence-corrected chi connectivity index (χ4v) is 2.50. The molecular formula is C14H17FN2O3. The van der Waals surface area contributed by atoms with Crippen LogP contribution in [0.1, 0.15) is 24.4 Å². The molecule has 0 aromatic heterocycles. The SMILES string of the molecule is COC(=O)NC(=O)CN1CCC[C@H]1c1cccc(F)c1. The average Bonchev–Trinajstić information content (AvgIpc) is 2.86. The topological polar surface area (TPSA) is 58.6 Å².